The molecule has 0 aromatic carbocycles. The predicted octanol–water partition coefficient (Wildman–Crippen LogP) is 2.42. The monoisotopic (exact) mass is 172 g/mol. The fourth-order valence-electron chi connectivity index (χ4n) is 0.811. The van der Waals surface area contributed by atoms with Crippen LogP contribution in [-0.2, 0) is 9.53 Å². The van der Waals surface area contributed by atoms with Crippen LogP contribution in [0.1, 0.15) is 41.0 Å². The summed E-state index contributed by atoms with van der Waals surface area (Å²) in [6.45, 7) is 10.2. The van der Waals surface area contributed by atoms with Crippen LogP contribution < -0.4 is 0 Å². The molecule has 0 heterocycles. The fraction of sp³-hybridized carbons (Fsp3) is 0.900. The van der Waals surface area contributed by atoms with Gasteiger partial charge in [0.2, 0.25) is 0 Å². The molecule has 0 spiro atoms. The Morgan fingerprint density at radius 1 is 1.33 bits per heavy atom. The van der Waals surface area contributed by atoms with Crippen molar-refractivity contribution in [3.05, 3.63) is 0 Å². The lowest BCUT2D eigenvalue weighted by Gasteiger charge is -2.19. The second kappa shape index (κ2) is 4.61. The Labute approximate surface area is 75.3 Å². The van der Waals surface area contributed by atoms with Crippen LogP contribution in [0.5, 0.6) is 0 Å². The highest BCUT2D eigenvalue weighted by Gasteiger charge is 2.13. The molecule has 0 aliphatic rings. The van der Waals surface area contributed by atoms with Crippen molar-refractivity contribution in [3.8, 4) is 0 Å². The van der Waals surface area contributed by atoms with Crippen molar-refractivity contribution in [1.29, 1.82) is 0 Å². The molecule has 0 atom stereocenters. The first kappa shape index (κ1) is 11.6. The average molecular weight is 172 g/mol. The second-order valence-corrected chi connectivity index (χ2v) is 4.54. The molecule has 0 bridgehead atoms. The van der Waals surface area contributed by atoms with E-state index in [2.05, 4.69) is 0 Å². The fourth-order valence-corrected chi connectivity index (χ4v) is 0.811. The number of ketones is 1. The van der Waals surface area contributed by atoms with E-state index in [0.717, 1.165) is 0 Å². The van der Waals surface area contributed by atoms with Gasteiger partial charge in [-0.2, -0.15) is 0 Å². The van der Waals surface area contributed by atoms with Gasteiger partial charge in [-0.25, -0.2) is 0 Å². The van der Waals surface area contributed by atoms with E-state index in [1.165, 1.54) is 0 Å². The topological polar surface area (TPSA) is 26.3 Å². The maximum atomic E-state index is 11.2. The largest absolute Gasteiger partial charge is 0.368 e. The van der Waals surface area contributed by atoms with Gasteiger partial charge in [0.25, 0.3) is 0 Å². The van der Waals surface area contributed by atoms with Gasteiger partial charge in [-0.3, -0.25) is 4.79 Å². The van der Waals surface area contributed by atoms with Crippen LogP contribution in [0.15, 0.2) is 0 Å². The highest BCUT2D eigenvalue weighted by molar-refractivity contribution is 5.79. The van der Waals surface area contributed by atoms with E-state index >= 15 is 0 Å². The first-order chi connectivity index (χ1) is 5.31. The number of hydrogen-bond donors (Lipinski definition) is 0. The van der Waals surface area contributed by atoms with Crippen LogP contribution in [0.3, 0.4) is 0 Å². The minimum Gasteiger partial charge on any atom is -0.368 e. The number of ether oxygens (including phenoxy) is 1. The van der Waals surface area contributed by atoms with Crippen LogP contribution in [0.25, 0.3) is 0 Å². The molecule has 0 aromatic rings. The smallest absolute Gasteiger partial charge is 0.158 e. The molecular formula is C10H20O2. The molecular weight excluding hydrogens is 152 g/mol. The second-order valence-electron chi connectivity index (χ2n) is 4.54. The molecule has 0 saturated carbocycles. The van der Waals surface area contributed by atoms with Crippen LogP contribution >= 0.6 is 0 Å². The minimum atomic E-state index is -0.202. The lowest BCUT2D eigenvalue weighted by molar-refractivity contribution is -0.129. The summed E-state index contributed by atoms with van der Waals surface area (Å²) in [4.78, 5) is 11.2. The first-order valence-electron chi connectivity index (χ1n) is 4.47. The molecule has 72 valence electrons. The molecule has 2 nitrogen and oxygen atoms in total. The lowest BCUT2D eigenvalue weighted by atomic mass is 10.1. The summed E-state index contributed by atoms with van der Waals surface area (Å²) in [5, 5.41) is 0. The van der Waals surface area contributed by atoms with Crippen LogP contribution in [-0.4, -0.2) is 18.0 Å². The van der Waals surface area contributed by atoms with Crippen LogP contribution in [0.2, 0.25) is 0 Å². The number of rotatable bonds is 4. The third kappa shape index (κ3) is 7.73. The summed E-state index contributed by atoms with van der Waals surface area (Å²) >= 11 is 0. The maximum absolute atomic E-state index is 11.2. The van der Waals surface area contributed by atoms with Gasteiger partial charge in [0.1, 0.15) is 6.61 Å². The number of carbonyl (C=O) groups is 1. The molecule has 0 rings (SSSR count). The summed E-state index contributed by atoms with van der Waals surface area (Å²) < 4.78 is 5.34. The van der Waals surface area contributed by atoms with Gasteiger partial charge in [0.05, 0.1) is 5.60 Å². The zero-order valence-electron chi connectivity index (χ0n) is 8.81. The Hall–Kier alpha value is -0.370. The van der Waals surface area contributed by atoms with Crippen molar-refractivity contribution in [2.75, 3.05) is 6.61 Å². The van der Waals surface area contributed by atoms with Gasteiger partial charge in [-0.05, 0) is 26.7 Å². The van der Waals surface area contributed by atoms with Crippen molar-refractivity contribution in [2.45, 2.75) is 46.6 Å². The molecule has 0 N–H and O–H groups in total. The normalized spacial score (nSPS) is 12.2. The summed E-state index contributed by atoms with van der Waals surface area (Å²) in [5.74, 6) is 0.626. The molecule has 0 aromatic heterocycles. The van der Waals surface area contributed by atoms with E-state index in [4.69, 9.17) is 4.74 Å². The van der Waals surface area contributed by atoms with E-state index in [1.54, 1.807) is 0 Å². The lowest BCUT2D eigenvalue weighted by Crippen LogP contribution is -2.24. The number of carbonyl (C=O) groups excluding carboxylic acids is 1. The number of hydrogen-bond acceptors (Lipinski definition) is 2. The molecule has 12 heavy (non-hydrogen) atoms. The summed E-state index contributed by atoms with van der Waals surface area (Å²) in [6, 6.07) is 0. The molecule has 2 heteroatoms. The SMILES string of the molecule is CC(C)CC(=O)COC(C)(C)C. The average Bonchev–Trinajstić information content (AvgIpc) is 1.80. The Kier molecular flexibility index (Phi) is 4.46. The zero-order valence-corrected chi connectivity index (χ0v) is 8.81. The van der Waals surface area contributed by atoms with E-state index in [-0.39, 0.29) is 18.0 Å². The third-order valence-electron chi connectivity index (χ3n) is 1.30. The van der Waals surface area contributed by atoms with Crippen molar-refractivity contribution in [1.82, 2.24) is 0 Å². The van der Waals surface area contributed by atoms with Gasteiger partial charge in [0, 0.05) is 6.42 Å². The third-order valence-corrected chi connectivity index (χ3v) is 1.30. The quantitative estimate of drug-likeness (QED) is 0.651. The predicted molar refractivity (Wildman–Crippen MR) is 50.2 cm³/mol. The summed E-state index contributed by atoms with van der Waals surface area (Å²) in [6.07, 6.45) is 0.621. The van der Waals surface area contributed by atoms with Crippen molar-refractivity contribution >= 4 is 5.78 Å². The highest BCUT2D eigenvalue weighted by Crippen LogP contribution is 2.08. The van der Waals surface area contributed by atoms with Gasteiger partial charge < -0.3 is 4.74 Å². The molecule has 0 radical (unpaired) electrons. The molecule has 0 aliphatic heterocycles. The Balaban J connectivity index is 3.58. The Morgan fingerprint density at radius 2 is 1.83 bits per heavy atom. The zero-order chi connectivity index (χ0) is 9.78. The Morgan fingerprint density at radius 3 is 2.17 bits per heavy atom. The molecule has 0 fully saturated rings. The highest BCUT2D eigenvalue weighted by atomic mass is 16.5. The van der Waals surface area contributed by atoms with Gasteiger partial charge in [0.15, 0.2) is 5.78 Å². The van der Waals surface area contributed by atoms with E-state index in [0.29, 0.717) is 12.3 Å². The van der Waals surface area contributed by atoms with Crippen LogP contribution in [0.4, 0.5) is 0 Å². The minimum absolute atomic E-state index is 0.194. The summed E-state index contributed by atoms with van der Waals surface area (Å²) in [7, 11) is 0. The van der Waals surface area contributed by atoms with Gasteiger partial charge >= 0.3 is 0 Å². The standard InChI is InChI=1S/C10H20O2/c1-8(2)6-9(11)7-12-10(3,4)5/h8H,6-7H2,1-5H3. The maximum Gasteiger partial charge on any atom is 0.158 e. The van der Waals surface area contributed by atoms with E-state index in [9.17, 15) is 4.79 Å². The first-order valence-corrected chi connectivity index (χ1v) is 4.47. The van der Waals surface area contributed by atoms with Crippen molar-refractivity contribution in [3.63, 3.8) is 0 Å². The van der Waals surface area contributed by atoms with Crippen molar-refractivity contribution < 1.29 is 9.53 Å². The Bertz CT molecular complexity index is 142. The summed E-state index contributed by atoms with van der Waals surface area (Å²) in [5.41, 5.74) is -0.202. The van der Waals surface area contributed by atoms with Gasteiger partial charge in [-0.1, -0.05) is 13.8 Å². The van der Waals surface area contributed by atoms with Crippen molar-refractivity contribution in [2.24, 2.45) is 5.92 Å². The molecule has 0 unspecified atom stereocenters. The molecule has 0 aliphatic carbocycles. The van der Waals surface area contributed by atoms with Crippen LogP contribution in [0, 0.1) is 5.92 Å². The molecule has 0 amide bonds. The molecule has 0 saturated heterocycles. The van der Waals surface area contributed by atoms with Gasteiger partial charge in [-0.15, -0.1) is 0 Å². The van der Waals surface area contributed by atoms with E-state index in [1.807, 2.05) is 34.6 Å². The number of Topliss-reactive ketones (excluding diaryl/α,β-unsaturated/α-hetero) is 1. The van der Waals surface area contributed by atoms with E-state index < -0.39 is 0 Å².